The second kappa shape index (κ2) is 7.36. The predicted molar refractivity (Wildman–Crippen MR) is 121 cm³/mol. The summed E-state index contributed by atoms with van der Waals surface area (Å²) in [5.41, 5.74) is 5.08. The highest BCUT2D eigenvalue weighted by Crippen LogP contribution is 2.46. The van der Waals surface area contributed by atoms with Crippen molar-refractivity contribution in [2.24, 2.45) is 11.8 Å². The molecule has 2 N–H and O–H groups in total. The van der Waals surface area contributed by atoms with Crippen molar-refractivity contribution in [1.29, 1.82) is 0 Å². The van der Waals surface area contributed by atoms with Crippen LogP contribution in [0.4, 0.5) is 5.69 Å². The van der Waals surface area contributed by atoms with Crippen molar-refractivity contribution in [3.05, 3.63) is 53.3 Å². The van der Waals surface area contributed by atoms with Crippen LogP contribution < -0.4 is 10.6 Å². The third kappa shape index (κ3) is 3.20. The summed E-state index contributed by atoms with van der Waals surface area (Å²) >= 11 is 0. The van der Waals surface area contributed by atoms with Crippen LogP contribution >= 0.6 is 0 Å². The Morgan fingerprint density at radius 2 is 1.94 bits per heavy atom. The summed E-state index contributed by atoms with van der Waals surface area (Å²) in [5.74, 6) is 1.52. The Labute approximate surface area is 182 Å². The standard InChI is InChI=1S/C25H29N5O/c1-2-30-24-20(14-27-30)23(29-22-10-15-7-8-18(22)9-15)21(13-26-24)25(31)28-19-11-16-5-3-4-6-17(16)12-19/h3-6,13-15,18-19,22H,2,7-12H2,1H3,(H,26,29)(H,28,31)/t15-,18+,22+/m0/s1. The molecule has 2 bridgehead atoms. The maximum Gasteiger partial charge on any atom is 0.255 e. The third-order valence-electron chi connectivity index (χ3n) is 7.66. The summed E-state index contributed by atoms with van der Waals surface area (Å²) < 4.78 is 1.90. The fourth-order valence-corrected chi connectivity index (χ4v) is 6.12. The van der Waals surface area contributed by atoms with Crippen molar-refractivity contribution in [3.8, 4) is 0 Å². The van der Waals surface area contributed by atoms with Crippen molar-refractivity contribution in [2.45, 2.75) is 64.1 Å². The molecule has 3 aromatic rings. The number of carbonyl (C=O) groups excluding carboxylic acids is 1. The molecule has 0 unspecified atom stereocenters. The van der Waals surface area contributed by atoms with E-state index in [2.05, 4.69) is 51.9 Å². The van der Waals surface area contributed by atoms with Crippen LogP contribution in [0.5, 0.6) is 0 Å². The summed E-state index contributed by atoms with van der Waals surface area (Å²) in [5, 5.41) is 12.5. The Morgan fingerprint density at radius 3 is 2.61 bits per heavy atom. The van der Waals surface area contributed by atoms with E-state index in [4.69, 9.17) is 0 Å². The topological polar surface area (TPSA) is 71.8 Å². The van der Waals surface area contributed by atoms with Gasteiger partial charge in [-0.05, 0) is 62.0 Å². The van der Waals surface area contributed by atoms with E-state index in [1.54, 1.807) is 6.20 Å². The molecule has 0 saturated heterocycles. The molecule has 6 heteroatoms. The molecule has 2 fully saturated rings. The van der Waals surface area contributed by atoms with Crippen LogP contribution in [0.1, 0.15) is 54.1 Å². The lowest BCUT2D eigenvalue weighted by molar-refractivity contribution is 0.0939. The summed E-state index contributed by atoms with van der Waals surface area (Å²) in [7, 11) is 0. The molecule has 3 aliphatic rings. The number of aromatic nitrogens is 3. The van der Waals surface area contributed by atoms with E-state index in [9.17, 15) is 4.79 Å². The molecule has 1 aromatic carbocycles. The fourth-order valence-electron chi connectivity index (χ4n) is 6.12. The van der Waals surface area contributed by atoms with Crippen LogP contribution in [-0.2, 0) is 19.4 Å². The highest BCUT2D eigenvalue weighted by molar-refractivity contribution is 6.06. The Bertz CT molecular complexity index is 1130. The molecule has 0 radical (unpaired) electrons. The summed E-state index contributed by atoms with van der Waals surface area (Å²) in [4.78, 5) is 18.0. The van der Waals surface area contributed by atoms with Crippen molar-refractivity contribution in [1.82, 2.24) is 20.1 Å². The molecule has 0 spiro atoms. The van der Waals surface area contributed by atoms with Gasteiger partial charge in [0.25, 0.3) is 5.91 Å². The fraction of sp³-hybridized carbons (Fsp3) is 0.480. The number of nitrogens with zero attached hydrogens (tertiary/aromatic N) is 3. The predicted octanol–water partition coefficient (Wildman–Crippen LogP) is 3.95. The molecule has 6 rings (SSSR count). The number of fused-ring (bicyclic) bond motifs is 4. The van der Waals surface area contributed by atoms with Crippen molar-refractivity contribution >= 4 is 22.6 Å². The number of amides is 1. The zero-order chi connectivity index (χ0) is 20.9. The van der Waals surface area contributed by atoms with Gasteiger partial charge in [-0.3, -0.25) is 4.79 Å². The Kier molecular flexibility index (Phi) is 4.47. The molecule has 2 aromatic heterocycles. The van der Waals surface area contributed by atoms with Gasteiger partial charge in [0, 0.05) is 24.8 Å². The van der Waals surface area contributed by atoms with Crippen LogP contribution in [0.3, 0.4) is 0 Å². The number of hydrogen-bond acceptors (Lipinski definition) is 4. The molecule has 31 heavy (non-hydrogen) atoms. The van der Waals surface area contributed by atoms with Gasteiger partial charge in [-0.25, -0.2) is 9.67 Å². The Balaban J connectivity index is 1.31. The van der Waals surface area contributed by atoms with E-state index < -0.39 is 0 Å². The van der Waals surface area contributed by atoms with Crippen LogP contribution in [0, 0.1) is 11.8 Å². The highest BCUT2D eigenvalue weighted by Gasteiger charge is 2.40. The van der Waals surface area contributed by atoms with Crippen LogP contribution in [0.15, 0.2) is 36.7 Å². The van der Waals surface area contributed by atoms with E-state index in [0.29, 0.717) is 11.6 Å². The van der Waals surface area contributed by atoms with Crippen LogP contribution in [-0.4, -0.2) is 32.8 Å². The number of pyridine rings is 1. The third-order valence-corrected chi connectivity index (χ3v) is 7.66. The zero-order valence-corrected chi connectivity index (χ0v) is 18.0. The monoisotopic (exact) mass is 415 g/mol. The van der Waals surface area contributed by atoms with Gasteiger partial charge < -0.3 is 10.6 Å². The number of aryl methyl sites for hydroxylation is 1. The molecule has 1 amide bonds. The zero-order valence-electron chi connectivity index (χ0n) is 18.0. The van der Waals surface area contributed by atoms with Crippen LogP contribution in [0.2, 0.25) is 0 Å². The number of nitrogens with one attached hydrogen (secondary N) is 2. The number of hydrogen-bond donors (Lipinski definition) is 2. The first-order valence-electron chi connectivity index (χ1n) is 11.7. The van der Waals surface area contributed by atoms with Gasteiger partial charge in [0.15, 0.2) is 5.65 Å². The largest absolute Gasteiger partial charge is 0.381 e. The van der Waals surface area contributed by atoms with Gasteiger partial charge in [-0.15, -0.1) is 0 Å². The van der Waals surface area contributed by atoms with Gasteiger partial charge in [0.05, 0.1) is 22.8 Å². The minimum atomic E-state index is -0.0397. The summed E-state index contributed by atoms with van der Waals surface area (Å²) in [6, 6.07) is 9.05. The van der Waals surface area contributed by atoms with Gasteiger partial charge >= 0.3 is 0 Å². The van der Waals surface area contributed by atoms with Gasteiger partial charge in [0.2, 0.25) is 0 Å². The van der Waals surface area contributed by atoms with Crippen molar-refractivity contribution in [3.63, 3.8) is 0 Å². The molecule has 3 atom stereocenters. The van der Waals surface area contributed by atoms with E-state index in [1.807, 2.05) is 10.9 Å². The number of benzene rings is 1. The first-order valence-corrected chi connectivity index (χ1v) is 11.7. The molecule has 2 heterocycles. The molecule has 3 aliphatic carbocycles. The molecule has 2 saturated carbocycles. The van der Waals surface area contributed by atoms with E-state index in [1.165, 1.54) is 36.8 Å². The number of carbonyl (C=O) groups is 1. The summed E-state index contributed by atoms with van der Waals surface area (Å²) in [6.07, 6.45) is 10.6. The quantitative estimate of drug-likeness (QED) is 0.662. The minimum absolute atomic E-state index is 0.0397. The maximum absolute atomic E-state index is 13.4. The minimum Gasteiger partial charge on any atom is -0.381 e. The Hall–Kier alpha value is -2.89. The van der Waals surface area contributed by atoms with E-state index in [0.717, 1.165) is 47.9 Å². The van der Waals surface area contributed by atoms with Gasteiger partial charge in [-0.2, -0.15) is 5.10 Å². The molecule has 160 valence electrons. The molecular weight excluding hydrogens is 386 g/mol. The lowest BCUT2D eigenvalue weighted by Gasteiger charge is -2.26. The molecular formula is C25H29N5O. The van der Waals surface area contributed by atoms with E-state index >= 15 is 0 Å². The smallest absolute Gasteiger partial charge is 0.255 e. The SMILES string of the molecule is CCn1ncc2c(N[C@@H]3C[C@H]4CC[C@@H]3C4)c(C(=O)NC3Cc4ccccc4C3)cnc21. The first kappa shape index (κ1) is 18.8. The lowest BCUT2D eigenvalue weighted by atomic mass is 9.94. The normalized spacial score (nSPS) is 24.6. The maximum atomic E-state index is 13.4. The second-order valence-electron chi connectivity index (χ2n) is 9.52. The Morgan fingerprint density at radius 1 is 1.13 bits per heavy atom. The average Bonchev–Trinajstić information content (AvgIpc) is 3.56. The number of rotatable bonds is 5. The van der Waals surface area contributed by atoms with E-state index in [-0.39, 0.29) is 11.9 Å². The second-order valence-corrected chi connectivity index (χ2v) is 9.52. The number of anilines is 1. The first-order chi connectivity index (χ1) is 15.2. The van der Waals surface area contributed by atoms with Crippen molar-refractivity contribution in [2.75, 3.05) is 5.32 Å². The molecule has 0 aliphatic heterocycles. The highest BCUT2D eigenvalue weighted by atomic mass is 16.1. The van der Waals surface area contributed by atoms with Gasteiger partial charge in [-0.1, -0.05) is 30.7 Å². The molecule has 6 nitrogen and oxygen atoms in total. The lowest BCUT2D eigenvalue weighted by Crippen LogP contribution is -2.36. The van der Waals surface area contributed by atoms with Crippen LogP contribution in [0.25, 0.3) is 11.0 Å². The van der Waals surface area contributed by atoms with Gasteiger partial charge in [0.1, 0.15) is 0 Å². The average molecular weight is 416 g/mol. The summed E-state index contributed by atoms with van der Waals surface area (Å²) in [6.45, 7) is 2.82. The van der Waals surface area contributed by atoms with Crippen molar-refractivity contribution < 1.29 is 4.79 Å².